The van der Waals surface area contributed by atoms with Gasteiger partial charge in [-0.25, -0.2) is 0 Å². The van der Waals surface area contributed by atoms with Crippen molar-refractivity contribution < 1.29 is 9.47 Å². The molecule has 1 aromatic rings. The minimum Gasteiger partial charge on any atom is -0.383 e. The highest BCUT2D eigenvalue weighted by molar-refractivity contribution is 7.07. The Morgan fingerprint density at radius 1 is 1.59 bits per heavy atom. The second-order valence-corrected chi connectivity index (χ2v) is 5.56. The van der Waals surface area contributed by atoms with Gasteiger partial charge in [-0.1, -0.05) is 0 Å². The zero-order valence-corrected chi connectivity index (χ0v) is 11.2. The fourth-order valence-electron chi connectivity index (χ4n) is 2.34. The van der Waals surface area contributed by atoms with E-state index in [1.54, 1.807) is 18.4 Å². The van der Waals surface area contributed by atoms with Gasteiger partial charge in [-0.05, 0) is 35.2 Å². The lowest BCUT2D eigenvalue weighted by atomic mass is 9.81. The standard InChI is InChI=1S/C13H21NO2S/c1-15-6-4-14-10-13(3-5-16-11-13)8-12-2-7-17-9-12/h2,7,9,14H,3-6,8,10-11H2,1H3. The third-order valence-electron chi connectivity index (χ3n) is 3.33. The number of hydrogen-bond acceptors (Lipinski definition) is 4. The summed E-state index contributed by atoms with van der Waals surface area (Å²) in [7, 11) is 1.74. The van der Waals surface area contributed by atoms with Crippen molar-refractivity contribution in [1.29, 1.82) is 0 Å². The van der Waals surface area contributed by atoms with Crippen molar-refractivity contribution in [2.75, 3.05) is 40.0 Å². The monoisotopic (exact) mass is 255 g/mol. The molecule has 3 nitrogen and oxygen atoms in total. The molecule has 17 heavy (non-hydrogen) atoms. The predicted octanol–water partition coefficient (Wildman–Crippen LogP) is 1.93. The van der Waals surface area contributed by atoms with Gasteiger partial charge in [0, 0.05) is 32.2 Å². The Bertz CT molecular complexity index is 307. The van der Waals surface area contributed by atoms with Gasteiger partial charge < -0.3 is 14.8 Å². The van der Waals surface area contributed by atoms with Crippen molar-refractivity contribution in [3.05, 3.63) is 22.4 Å². The third-order valence-corrected chi connectivity index (χ3v) is 4.06. The van der Waals surface area contributed by atoms with Crippen LogP contribution in [0.5, 0.6) is 0 Å². The van der Waals surface area contributed by atoms with Gasteiger partial charge in [0.1, 0.15) is 0 Å². The maximum atomic E-state index is 5.60. The highest BCUT2D eigenvalue weighted by Crippen LogP contribution is 2.32. The molecule has 1 N–H and O–H groups in total. The van der Waals surface area contributed by atoms with E-state index >= 15 is 0 Å². The summed E-state index contributed by atoms with van der Waals surface area (Å²) in [5, 5.41) is 7.88. The molecule has 1 aliphatic rings. The second-order valence-electron chi connectivity index (χ2n) is 4.78. The predicted molar refractivity (Wildman–Crippen MR) is 70.6 cm³/mol. The van der Waals surface area contributed by atoms with E-state index < -0.39 is 0 Å². The molecule has 0 amide bonds. The molecule has 2 rings (SSSR count). The highest BCUT2D eigenvalue weighted by atomic mass is 32.1. The lowest BCUT2D eigenvalue weighted by Crippen LogP contribution is -2.38. The van der Waals surface area contributed by atoms with E-state index in [0.29, 0.717) is 0 Å². The van der Waals surface area contributed by atoms with Crippen LogP contribution in [-0.4, -0.2) is 40.0 Å². The Morgan fingerprint density at radius 2 is 2.53 bits per heavy atom. The molecule has 1 fully saturated rings. The van der Waals surface area contributed by atoms with Crippen LogP contribution in [0.25, 0.3) is 0 Å². The van der Waals surface area contributed by atoms with Crippen LogP contribution in [0.2, 0.25) is 0 Å². The molecule has 1 unspecified atom stereocenters. The van der Waals surface area contributed by atoms with Gasteiger partial charge in [0.2, 0.25) is 0 Å². The number of nitrogens with one attached hydrogen (secondary N) is 1. The Kier molecular flexibility index (Phi) is 4.98. The van der Waals surface area contributed by atoms with Crippen LogP contribution in [0, 0.1) is 5.41 Å². The van der Waals surface area contributed by atoms with Gasteiger partial charge in [-0.2, -0.15) is 11.3 Å². The minimum atomic E-state index is 0.287. The highest BCUT2D eigenvalue weighted by Gasteiger charge is 2.34. The Balaban J connectivity index is 1.86. The summed E-state index contributed by atoms with van der Waals surface area (Å²) < 4.78 is 10.7. The number of methoxy groups -OCH3 is 1. The average Bonchev–Trinajstić information content (AvgIpc) is 2.98. The Hall–Kier alpha value is -0.420. The topological polar surface area (TPSA) is 30.5 Å². The molecule has 0 saturated carbocycles. The van der Waals surface area contributed by atoms with E-state index in [0.717, 1.165) is 45.8 Å². The summed E-state index contributed by atoms with van der Waals surface area (Å²) in [5.41, 5.74) is 1.73. The van der Waals surface area contributed by atoms with E-state index in [1.807, 2.05) is 0 Å². The molecule has 1 atom stereocenters. The third kappa shape index (κ3) is 3.78. The quantitative estimate of drug-likeness (QED) is 0.755. The van der Waals surface area contributed by atoms with Crippen LogP contribution in [0.15, 0.2) is 16.8 Å². The molecular formula is C13H21NO2S. The lowest BCUT2D eigenvalue weighted by molar-refractivity contribution is 0.145. The first-order chi connectivity index (χ1) is 8.35. The second kappa shape index (κ2) is 6.50. The molecule has 1 saturated heterocycles. The van der Waals surface area contributed by atoms with E-state index in [-0.39, 0.29) is 5.41 Å². The summed E-state index contributed by atoms with van der Waals surface area (Å²) >= 11 is 1.77. The summed E-state index contributed by atoms with van der Waals surface area (Å²) in [6.07, 6.45) is 2.28. The van der Waals surface area contributed by atoms with Crippen LogP contribution in [-0.2, 0) is 15.9 Å². The van der Waals surface area contributed by atoms with Gasteiger partial charge in [-0.3, -0.25) is 0 Å². The molecule has 2 heterocycles. The summed E-state index contributed by atoms with van der Waals surface area (Å²) in [6, 6.07) is 2.22. The maximum Gasteiger partial charge on any atom is 0.0587 e. The molecule has 1 aliphatic heterocycles. The molecule has 0 spiro atoms. The fourth-order valence-corrected chi connectivity index (χ4v) is 3.01. The fraction of sp³-hybridized carbons (Fsp3) is 0.692. The van der Waals surface area contributed by atoms with Crippen molar-refractivity contribution in [1.82, 2.24) is 5.32 Å². The van der Waals surface area contributed by atoms with E-state index in [4.69, 9.17) is 9.47 Å². The Labute approximate surface area is 107 Å². The number of hydrogen-bond donors (Lipinski definition) is 1. The zero-order chi connectivity index (χ0) is 12.0. The van der Waals surface area contributed by atoms with Crippen LogP contribution in [0.4, 0.5) is 0 Å². The summed E-state index contributed by atoms with van der Waals surface area (Å²) in [6.45, 7) is 4.49. The number of rotatable bonds is 7. The molecule has 0 aromatic carbocycles. The van der Waals surface area contributed by atoms with Crippen molar-refractivity contribution >= 4 is 11.3 Å². The van der Waals surface area contributed by atoms with Crippen LogP contribution >= 0.6 is 11.3 Å². The van der Waals surface area contributed by atoms with Gasteiger partial charge in [0.15, 0.2) is 0 Å². The number of thiophene rings is 1. The zero-order valence-electron chi connectivity index (χ0n) is 10.4. The first kappa shape index (κ1) is 13.0. The van der Waals surface area contributed by atoms with Crippen molar-refractivity contribution in [2.45, 2.75) is 12.8 Å². The smallest absolute Gasteiger partial charge is 0.0587 e. The molecule has 96 valence electrons. The molecule has 0 radical (unpaired) electrons. The minimum absolute atomic E-state index is 0.287. The summed E-state index contributed by atoms with van der Waals surface area (Å²) in [5.74, 6) is 0. The molecule has 0 bridgehead atoms. The van der Waals surface area contributed by atoms with E-state index in [1.165, 1.54) is 5.56 Å². The average molecular weight is 255 g/mol. The Morgan fingerprint density at radius 3 is 3.18 bits per heavy atom. The molecule has 4 heteroatoms. The van der Waals surface area contributed by atoms with E-state index in [2.05, 4.69) is 22.1 Å². The molecule has 1 aromatic heterocycles. The van der Waals surface area contributed by atoms with Crippen molar-refractivity contribution in [3.8, 4) is 0 Å². The SMILES string of the molecule is COCCNCC1(Cc2ccsc2)CCOC1. The maximum absolute atomic E-state index is 5.60. The molecular weight excluding hydrogens is 234 g/mol. The van der Waals surface area contributed by atoms with Gasteiger partial charge >= 0.3 is 0 Å². The van der Waals surface area contributed by atoms with Crippen LogP contribution in [0.1, 0.15) is 12.0 Å². The van der Waals surface area contributed by atoms with Gasteiger partial charge in [0.25, 0.3) is 0 Å². The molecule has 0 aliphatic carbocycles. The van der Waals surface area contributed by atoms with Crippen LogP contribution in [0.3, 0.4) is 0 Å². The lowest BCUT2D eigenvalue weighted by Gasteiger charge is -2.27. The first-order valence-corrected chi connectivity index (χ1v) is 7.07. The van der Waals surface area contributed by atoms with Crippen molar-refractivity contribution in [3.63, 3.8) is 0 Å². The first-order valence-electron chi connectivity index (χ1n) is 6.13. The van der Waals surface area contributed by atoms with E-state index in [9.17, 15) is 0 Å². The largest absolute Gasteiger partial charge is 0.383 e. The van der Waals surface area contributed by atoms with Crippen molar-refractivity contribution in [2.24, 2.45) is 5.41 Å². The van der Waals surface area contributed by atoms with Gasteiger partial charge in [-0.15, -0.1) is 0 Å². The van der Waals surface area contributed by atoms with Crippen LogP contribution < -0.4 is 5.32 Å². The summed E-state index contributed by atoms with van der Waals surface area (Å²) in [4.78, 5) is 0. The normalized spacial score (nSPS) is 24.3. The van der Waals surface area contributed by atoms with Gasteiger partial charge in [0.05, 0.1) is 13.2 Å². The number of ether oxygens (including phenoxy) is 2.